The molecule has 0 atom stereocenters. The van der Waals surface area contributed by atoms with Gasteiger partial charge in [0, 0.05) is 26.3 Å². The molecule has 0 aliphatic carbocycles. The minimum atomic E-state index is -0.244. The summed E-state index contributed by atoms with van der Waals surface area (Å²) < 4.78 is 10.2. The standard InChI is InChI=1S/C16H20N4O3/c1-22-9-5-8-17-16(21)13-10-15(19-11-18-13)20-12-6-3-4-7-14(12)23-2/h3-4,6-7,10-11H,5,8-9H2,1-2H3,(H,17,21)(H,18,19,20). The maximum atomic E-state index is 12.0. The fourth-order valence-corrected chi connectivity index (χ4v) is 1.94. The van der Waals surface area contributed by atoms with E-state index < -0.39 is 0 Å². The molecule has 2 N–H and O–H groups in total. The molecule has 7 heteroatoms. The van der Waals surface area contributed by atoms with Crippen molar-refractivity contribution in [2.75, 3.05) is 32.7 Å². The van der Waals surface area contributed by atoms with Crippen LogP contribution < -0.4 is 15.4 Å². The lowest BCUT2D eigenvalue weighted by Crippen LogP contribution is -2.26. The Labute approximate surface area is 135 Å². The first-order chi connectivity index (χ1) is 11.2. The van der Waals surface area contributed by atoms with Crippen molar-refractivity contribution in [2.45, 2.75) is 6.42 Å². The Kier molecular flexibility index (Phi) is 6.31. The Balaban J connectivity index is 2.03. The van der Waals surface area contributed by atoms with Gasteiger partial charge in [0.05, 0.1) is 12.8 Å². The van der Waals surface area contributed by atoms with Gasteiger partial charge in [0.2, 0.25) is 0 Å². The van der Waals surface area contributed by atoms with Gasteiger partial charge in [-0.15, -0.1) is 0 Å². The number of methoxy groups -OCH3 is 2. The number of hydrogen-bond donors (Lipinski definition) is 2. The van der Waals surface area contributed by atoms with Gasteiger partial charge >= 0.3 is 0 Å². The summed E-state index contributed by atoms with van der Waals surface area (Å²) in [6.07, 6.45) is 2.10. The zero-order valence-corrected chi connectivity index (χ0v) is 13.2. The summed E-state index contributed by atoms with van der Waals surface area (Å²) in [5, 5.41) is 5.90. The predicted molar refractivity (Wildman–Crippen MR) is 87.1 cm³/mol. The summed E-state index contributed by atoms with van der Waals surface area (Å²) in [6.45, 7) is 1.14. The molecule has 7 nitrogen and oxygen atoms in total. The second-order valence-corrected chi connectivity index (χ2v) is 4.72. The lowest BCUT2D eigenvalue weighted by molar-refractivity contribution is 0.0943. The molecule has 0 aliphatic rings. The van der Waals surface area contributed by atoms with Crippen LogP contribution in [0.2, 0.25) is 0 Å². The minimum Gasteiger partial charge on any atom is -0.495 e. The van der Waals surface area contributed by atoms with E-state index in [-0.39, 0.29) is 5.91 Å². The van der Waals surface area contributed by atoms with E-state index >= 15 is 0 Å². The monoisotopic (exact) mass is 316 g/mol. The van der Waals surface area contributed by atoms with Crippen LogP contribution in [0.15, 0.2) is 36.7 Å². The van der Waals surface area contributed by atoms with E-state index in [0.717, 1.165) is 12.1 Å². The molecule has 0 bridgehead atoms. The number of para-hydroxylation sites is 2. The van der Waals surface area contributed by atoms with Crippen molar-refractivity contribution in [3.05, 3.63) is 42.4 Å². The summed E-state index contributed by atoms with van der Waals surface area (Å²) in [4.78, 5) is 20.2. The molecule has 122 valence electrons. The SMILES string of the molecule is COCCCNC(=O)c1cc(Nc2ccccc2OC)ncn1. The van der Waals surface area contributed by atoms with Gasteiger partial charge in [-0.2, -0.15) is 0 Å². The first-order valence-corrected chi connectivity index (χ1v) is 7.24. The topological polar surface area (TPSA) is 85.4 Å². The van der Waals surface area contributed by atoms with E-state index in [2.05, 4.69) is 20.6 Å². The van der Waals surface area contributed by atoms with Gasteiger partial charge in [-0.25, -0.2) is 9.97 Å². The zero-order chi connectivity index (χ0) is 16.5. The van der Waals surface area contributed by atoms with Crippen LogP contribution in [-0.4, -0.2) is 43.2 Å². The van der Waals surface area contributed by atoms with Crippen molar-refractivity contribution in [3.8, 4) is 5.75 Å². The molecular weight excluding hydrogens is 296 g/mol. The number of amides is 1. The maximum absolute atomic E-state index is 12.0. The number of benzene rings is 1. The third-order valence-corrected chi connectivity index (χ3v) is 3.08. The Morgan fingerprint density at radius 3 is 2.83 bits per heavy atom. The molecule has 0 saturated heterocycles. The molecule has 0 aliphatic heterocycles. The fourth-order valence-electron chi connectivity index (χ4n) is 1.94. The van der Waals surface area contributed by atoms with Gasteiger partial charge in [0.25, 0.3) is 5.91 Å². The van der Waals surface area contributed by atoms with Crippen LogP contribution in [0.5, 0.6) is 5.75 Å². The smallest absolute Gasteiger partial charge is 0.270 e. The minimum absolute atomic E-state index is 0.244. The zero-order valence-electron chi connectivity index (χ0n) is 13.2. The number of carbonyl (C=O) groups is 1. The number of nitrogens with one attached hydrogen (secondary N) is 2. The van der Waals surface area contributed by atoms with Crippen molar-refractivity contribution < 1.29 is 14.3 Å². The van der Waals surface area contributed by atoms with Gasteiger partial charge < -0.3 is 20.1 Å². The van der Waals surface area contributed by atoms with Crippen molar-refractivity contribution in [1.29, 1.82) is 0 Å². The van der Waals surface area contributed by atoms with Crippen LogP contribution in [0, 0.1) is 0 Å². The molecule has 2 rings (SSSR count). The van der Waals surface area contributed by atoms with Crippen LogP contribution in [0.4, 0.5) is 11.5 Å². The number of rotatable bonds is 8. The van der Waals surface area contributed by atoms with Crippen LogP contribution in [0.3, 0.4) is 0 Å². The Morgan fingerprint density at radius 1 is 1.22 bits per heavy atom. The van der Waals surface area contributed by atoms with E-state index in [1.54, 1.807) is 20.3 Å². The number of carbonyl (C=O) groups excluding carboxylic acids is 1. The Hall–Kier alpha value is -2.67. The molecule has 0 fully saturated rings. The largest absolute Gasteiger partial charge is 0.495 e. The molecule has 1 amide bonds. The van der Waals surface area contributed by atoms with E-state index in [4.69, 9.17) is 9.47 Å². The average molecular weight is 316 g/mol. The van der Waals surface area contributed by atoms with E-state index in [1.165, 1.54) is 6.33 Å². The molecule has 0 saturated carbocycles. The number of ether oxygens (including phenoxy) is 2. The molecule has 1 heterocycles. The molecule has 2 aromatic rings. The number of nitrogens with zero attached hydrogens (tertiary/aromatic N) is 2. The normalized spacial score (nSPS) is 10.2. The van der Waals surface area contributed by atoms with Crippen LogP contribution in [0.1, 0.15) is 16.9 Å². The summed E-state index contributed by atoms with van der Waals surface area (Å²) in [7, 11) is 3.22. The third-order valence-electron chi connectivity index (χ3n) is 3.08. The number of hydrogen-bond acceptors (Lipinski definition) is 6. The first-order valence-electron chi connectivity index (χ1n) is 7.24. The van der Waals surface area contributed by atoms with Crippen LogP contribution in [-0.2, 0) is 4.74 Å². The average Bonchev–Trinajstić information content (AvgIpc) is 2.59. The molecule has 0 unspecified atom stereocenters. The summed E-state index contributed by atoms with van der Waals surface area (Å²) in [6, 6.07) is 9.06. The number of aromatic nitrogens is 2. The Morgan fingerprint density at radius 2 is 2.04 bits per heavy atom. The van der Waals surface area contributed by atoms with E-state index in [1.807, 2.05) is 24.3 Å². The predicted octanol–water partition coefficient (Wildman–Crippen LogP) is 2.00. The molecule has 1 aromatic heterocycles. The van der Waals surface area contributed by atoms with Crippen LogP contribution in [0.25, 0.3) is 0 Å². The molecule has 23 heavy (non-hydrogen) atoms. The number of anilines is 2. The highest BCUT2D eigenvalue weighted by atomic mass is 16.5. The van der Waals surface area contributed by atoms with Gasteiger partial charge in [0.15, 0.2) is 0 Å². The van der Waals surface area contributed by atoms with E-state index in [9.17, 15) is 4.79 Å². The van der Waals surface area contributed by atoms with Crippen molar-refractivity contribution in [1.82, 2.24) is 15.3 Å². The molecular formula is C16H20N4O3. The second-order valence-electron chi connectivity index (χ2n) is 4.72. The highest BCUT2D eigenvalue weighted by Crippen LogP contribution is 2.25. The summed E-state index contributed by atoms with van der Waals surface area (Å²) in [5.41, 5.74) is 1.06. The quantitative estimate of drug-likeness (QED) is 0.725. The molecule has 1 aromatic carbocycles. The lowest BCUT2D eigenvalue weighted by atomic mass is 10.3. The Bertz CT molecular complexity index is 649. The third kappa shape index (κ3) is 4.93. The van der Waals surface area contributed by atoms with Gasteiger partial charge in [-0.3, -0.25) is 4.79 Å². The summed E-state index contributed by atoms with van der Waals surface area (Å²) >= 11 is 0. The molecule has 0 radical (unpaired) electrons. The van der Waals surface area contributed by atoms with Crippen LogP contribution >= 0.6 is 0 Å². The lowest BCUT2D eigenvalue weighted by Gasteiger charge is -2.10. The van der Waals surface area contributed by atoms with Crippen molar-refractivity contribution in [2.24, 2.45) is 0 Å². The van der Waals surface area contributed by atoms with Crippen molar-refractivity contribution in [3.63, 3.8) is 0 Å². The summed E-state index contributed by atoms with van der Waals surface area (Å²) in [5.74, 6) is 0.967. The van der Waals surface area contributed by atoms with Crippen molar-refractivity contribution >= 4 is 17.4 Å². The second kappa shape index (κ2) is 8.70. The highest BCUT2D eigenvalue weighted by molar-refractivity contribution is 5.93. The molecule has 0 spiro atoms. The maximum Gasteiger partial charge on any atom is 0.270 e. The van der Waals surface area contributed by atoms with Gasteiger partial charge in [-0.1, -0.05) is 12.1 Å². The van der Waals surface area contributed by atoms with E-state index in [0.29, 0.717) is 30.4 Å². The van der Waals surface area contributed by atoms with Gasteiger partial charge in [-0.05, 0) is 18.6 Å². The fraction of sp³-hybridized carbons (Fsp3) is 0.312. The van der Waals surface area contributed by atoms with Gasteiger partial charge in [0.1, 0.15) is 23.6 Å². The highest BCUT2D eigenvalue weighted by Gasteiger charge is 2.09. The first kappa shape index (κ1) is 16.7.